The van der Waals surface area contributed by atoms with Crippen LogP contribution in [-0.4, -0.2) is 25.4 Å². The highest BCUT2D eigenvalue weighted by Crippen LogP contribution is 2.23. The number of rotatable bonds is 6. The molecule has 0 aromatic heterocycles. The van der Waals surface area contributed by atoms with E-state index in [4.69, 9.17) is 9.47 Å². The zero-order valence-corrected chi connectivity index (χ0v) is 10.2. The Hall–Kier alpha value is -1.06. The van der Waals surface area contributed by atoms with Gasteiger partial charge in [0.05, 0.1) is 13.2 Å². The summed E-state index contributed by atoms with van der Waals surface area (Å²) in [5, 5.41) is 10.1. The molecule has 16 heavy (non-hydrogen) atoms. The molecule has 0 bridgehead atoms. The summed E-state index contributed by atoms with van der Waals surface area (Å²) < 4.78 is 10.4. The van der Waals surface area contributed by atoms with Gasteiger partial charge in [-0.05, 0) is 31.0 Å². The van der Waals surface area contributed by atoms with Crippen LogP contribution in [-0.2, 0) is 10.3 Å². The van der Waals surface area contributed by atoms with Gasteiger partial charge in [-0.25, -0.2) is 0 Å². The molecule has 1 atom stereocenters. The van der Waals surface area contributed by atoms with Crippen molar-refractivity contribution in [1.82, 2.24) is 0 Å². The van der Waals surface area contributed by atoms with Gasteiger partial charge in [0.1, 0.15) is 11.4 Å². The quantitative estimate of drug-likeness (QED) is 0.806. The van der Waals surface area contributed by atoms with Gasteiger partial charge in [0.25, 0.3) is 0 Å². The molecule has 3 nitrogen and oxygen atoms in total. The first kappa shape index (κ1) is 13.0. The Labute approximate surface area is 97.0 Å². The maximum atomic E-state index is 10.1. The molecule has 1 unspecified atom stereocenters. The van der Waals surface area contributed by atoms with Crippen LogP contribution in [0.3, 0.4) is 0 Å². The standard InChI is InChI=1S/C13H20O3/c1-4-9-16-12-7-5-11(6-8-12)13(2,14)10-15-3/h5-8,14H,4,9-10H2,1-3H3. The van der Waals surface area contributed by atoms with Crippen molar-refractivity contribution in [3.05, 3.63) is 29.8 Å². The van der Waals surface area contributed by atoms with Crippen LogP contribution in [0.5, 0.6) is 5.75 Å². The van der Waals surface area contributed by atoms with Crippen LogP contribution in [0.4, 0.5) is 0 Å². The molecule has 90 valence electrons. The second kappa shape index (κ2) is 5.87. The lowest BCUT2D eigenvalue weighted by Gasteiger charge is -2.22. The average Bonchev–Trinajstić information content (AvgIpc) is 2.27. The molecule has 3 heteroatoms. The first-order valence-electron chi connectivity index (χ1n) is 5.55. The molecule has 0 amide bonds. The largest absolute Gasteiger partial charge is 0.494 e. The lowest BCUT2D eigenvalue weighted by atomic mass is 9.97. The normalized spacial score (nSPS) is 14.5. The third-order valence-electron chi connectivity index (χ3n) is 2.37. The summed E-state index contributed by atoms with van der Waals surface area (Å²) in [5.41, 5.74) is -0.115. The Morgan fingerprint density at radius 3 is 2.38 bits per heavy atom. The first-order chi connectivity index (χ1) is 7.60. The molecule has 1 aromatic rings. The monoisotopic (exact) mass is 224 g/mol. The van der Waals surface area contributed by atoms with Crippen LogP contribution in [0.25, 0.3) is 0 Å². The molecule has 1 N–H and O–H groups in total. The van der Waals surface area contributed by atoms with Gasteiger partial charge < -0.3 is 14.6 Å². The molecule has 0 saturated heterocycles. The molecular formula is C13H20O3. The van der Waals surface area contributed by atoms with E-state index in [2.05, 4.69) is 6.92 Å². The summed E-state index contributed by atoms with van der Waals surface area (Å²) >= 11 is 0. The topological polar surface area (TPSA) is 38.7 Å². The summed E-state index contributed by atoms with van der Waals surface area (Å²) in [6, 6.07) is 7.47. The van der Waals surface area contributed by atoms with E-state index in [1.54, 1.807) is 14.0 Å². The summed E-state index contributed by atoms with van der Waals surface area (Å²) in [7, 11) is 1.58. The zero-order valence-electron chi connectivity index (χ0n) is 10.2. The van der Waals surface area contributed by atoms with Crippen molar-refractivity contribution >= 4 is 0 Å². The Bertz CT molecular complexity index is 303. The van der Waals surface area contributed by atoms with E-state index in [-0.39, 0.29) is 6.61 Å². The molecule has 0 aliphatic rings. The van der Waals surface area contributed by atoms with Crippen molar-refractivity contribution in [2.45, 2.75) is 25.9 Å². The third-order valence-corrected chi connectivity index (χ3v) is 2.37. The molecule has 0 fully saturated rings. The maximum absolute atomic E-state index is 10.1. The lowest BCUT2D eigenvalue weighted by molar-refractivity contribution is -0.0208. The zero-order chi connectivity index (χ0) is 12.0. The summed E-state index contributed by atoms with van der Waals surface area (Å²) in [4.78, 5) is 0. The highest BCUT2D eigenvalue weighted by molar-refractivity contribution is 5.30. The smallest absolute Gasteiger partial charge is 0.119 e. The molecule has 1 rings (SSSR count). The van der Waals surface area contributed by atoms with Crippen LogP contribution in [0.1, 0.15) is 25.8 Å². The van der Waals surface area contributed by atoms with Gasteiger partial charge in [-0.15, -0.1) is 0 Å². The highest BCUT2D eigenvalue weighted by atomic mass is 16.5. The number of benzene rings is 1. The molecule has 0 aliphatic carbocycles. The third kappa shape index (κ3) is 3.51. The van der Waals surface area contributed by atoms with Gasteiger partial charge in [0, 0.05) is 7.11 Å². The van der Waals surface area contributed by atoms with Gasteiger partial charge in [0.15, 0.2) is 0 Å². The molecule has 0 aliphatic heterocycles. The van der Waals surface area contributed by atoms with Crippen molar-refractivity contribution < 1.29 is 14.6 Å². The molecule has 0 radical (unpaired) electrons. The number of aliphatic hydroxyl groups is 1. The highest BCUT2D eigenvalue weighted by Gasteiger charge is 2.22. The van der Waals surface area contributed by atoms with Crippen molar-refractivity contribution in [3.8, 4) is 5.75 Å². The predicted molar refractivity (Wildman–Crippen MR) is 63.7 cm³/mol. The Morgan fingerprint density at radius 1 is 1.25 bits per heavy atom. The predicted octanol–water partition coefficient (Wildman–Crippen LogP) is 2.33. The Balaban J connectivity index is 2.70. The average molecular weight is 224 g/mol. The van der Waals surface area contributed by atoms with Gasteiger partial charge in [-0.2, -0.15) is 0 Å². The van der Waals surface area contributed by atoms with Gasteiger partial charge in [0.2, 0.25) is 0 Å². The van der Waals surface area contributed by atoms with Gasteiger partial charge in [-0.3, -0.25) is 0 Å². The lowest BCUT2D eigenvalue weighted by Crippen LogP contribution is -2.26. The fourth-order valence-corrected chi connectivity index (χ4v) is 1.49. The van der Waals surface area contributed by atoms with Crippen LogP contribution < -0.4 is 4.74 Å². The molecular weight excluding hydrogens is 204 g/mol. The Kier molecular flexibility index (Phi) is 4.77. The molecule has 1 aromatic carbocycles. The van der Waals surface area contributed by atoms with Crippen molar-refractivity contribution in [1.29, 1.82) is 0 Å². The first-order valence-corrected chi connectivity index (χ1v) is 5.55. The van der Waals surface area contributed by atoms with Crippen LogP contribution in [0.2, 0.25) is 0 Å². The minimum absolute atomic E-state index is 0.280. The SMILES string of the molecule is CCCOc1ccc(C(C)(O)COC)cc1. The van der Waals surface area contributed by atoms with Crippen molar-refractivity contribution in [2.75, 3.05) is 20.3 Å². The summed E-state index contributed by atoms with van der Waals surface area (Å²) in [5.74, 6) is 0.832. The van der Waals surface area contributed by atoms with E-state index in [0.29, 0.717) is 6.61 Å². The van der Waals surface area contributed by atoms with Crippen LogP contribution in [0, 0.1) is 0 Å². The Morgan fingerprint density at radius 2 is 1.88 bits per heavy atom. The minimum atomic E-state index is -0.946. The fourth-order valence-electron chi connectivity index (χ4n) is 1.49. The number of methoxy groups -OCH3 is 1. The van der Waals surface area contributed by atoms with Gasteiger partial charge >= 0.3 is 0 Å². The van der Waals surface area contributed by atoms with E-state index in [9.17, 15) is 5.11 Å². The number of hydrogen-bond donors (Lipinski definition) is 1. The molecule has 0 heterocycles. The van der Waals surface area contributed by atoms with E-state index in [1.807, 2.05) is 24.3 Å². The number of ether oxygens (including phenoxy) is 2. The summed E-state index contributed by atoms with van der Waals surface area (Å²) in [6.45, 7) is 4.80. The molecule has 0 spiro atoms. The van der Waals surface area contributed by atoms with Crippen LogP contribution in [0.15, 0.2) is 24.3 Å². The summed E-state index contributed by atoms with van der Waals surface area (Å²) in [6.07, 6.45) is 0.989. The van der Waals surface area contributed by atoms with E-state index >= 15 is 0 Å². The fraction of sp³-hybridized carbons (Fsp3) is 0.538. The second-order valence-corrected chi connectivity index (χ2v) is 4.08. The number of hydrogen-bond acceptors (Lipinski definition) is 3. The van der Waals surface area contributed by atoms with E-state index in [0.717, 1.165) is 17.7 Å². The molecule has 0 saturated carbocycles. The minimum Gasteiger partial charge on any atom is -0.494 e. The maximum Gasteiger partial charge on any atom is 0.119 e. The van der Waals surface area contributed by atoms with Crippen molar-refractivity contribution in [3.63, 3.8) is 0 Å². The van der Waals surface area contributed by atoms with Crippen LogP contribution >= 0.6 is 0 Å². The van der Waals surface area contributed by atoms with E-state index in [1.165, 1.54) is 0 Å². The van der Waals surface area contributed by atoms with Crippen molar-refractivity contribution in [2.24, 2.45) is 0 Å². The van der Waals surface area contributed by atoms with E-state index < -0.39 is 5.60 Å². The second-order valence-electron chi connectivity index (χ2n) is 4.08. The van der Waals surface area contributed by atoms with Gasteiger partial charge in [-0.1, -0.05) is 19.1 Å².